The standard InChI is InChI=1S/C22H24N4O3/c1-15(21-23-13-19(25-21)16-8-5-4-6-9-16)24-22(28)17-10-7-11-18(12-17)29-14-20(27)26(2)3/h4-13,15H,14H2,1-3H3,(H,23,25)(H,24,28). The van der Waals surface area contributed by atoms with Crippen molar-refractivity contribution < 1.29 is 14.3 Å². The maximum absolute atomic E-state index is 12.6. The van der Waals surface area contributed by atoms with Crippen LogP contribution in [-0.4, -0.2) is 47.4 Å². The zero-order chi connectivity index (χ0) is 20.8. The number of ether oxygens (including phenoxy) is 1. The van der Waals surface area contributed by atoms with Gasteiger partial charge in [0.05, 0.1) is 17.9 Å². The van der Waals surface area contributed by atoms with Gasteiger partial charge in [-0.3, -0.25) is 9.59 Å². The van der Waals surface area contributed by atoms with E-state index in [1.165, 1.54) is 4.90 Å². The fraction of sp³-hybridized carbons (Fsp3) is 0.227. The summed E-state index contributed by atoms with van der Waals surface area (Å²) >= 11 is 0. The minimum Gasteiger partial charge on any atom is -0.484 e. The van der Waals surface area contributed by atoms with E-state index in [2.05, 4.69) is 15.3 Å². The number of aromatic amines is 1. The molecule has 3 aromatic rings. The number of rotatable bonds is 7. The van der Waals surface area contributed by atoms with Crippen molar-refractivity contribution in [3.8, 4) is 17.0 Å². The first-order chi connectivity index (χ1) is 13.9. The van der Waals surface area contributed by atoms with Gasteiger partial charge >= 0.3 is 0 Å². The van der Waals surface area contributed by atoms with Crippen molar-refractivity contribution in [3.63, 3.8) is 0 Å². The van der Waals surface area contributed by atoms with Crippen LogP contribution < -0.4 is 10.1 Å². The fourth-order valence-electron chi connectivity index (χ4n) is 2.67. The molecule has 0 bridgehead atoms. The molecule has 0 saturated heterocycles. The number of likely N-dealkylation sites (N-methyl/N-ethyl adjacent to an activating group) is 1. The van der Waals surface area contributed by atoms with E-state index >= 15 is 0 Å². The summed E-state index contributed by atoms with van der Waals surface area (Å²) in [6.45, 7) is 1.78. The van der Waals surface area contributed by atoms with Gasteiger partial charge in [0.25, 0.3) is 11.8 Å². The molecule has 1 heterocycles. The molecule has 2 amide bonds. The van der Waals surface area contributed by atoms with Gasteiger partial charge in [0, 0.05) is 19.7 Å². The number of aromatic nitrogens is 2. The molecule has 0 fully saturated rings. The minimum atomic E-state index is -0.306. The lowest BCUT2D eigenvalue weighted by Gasteiger charge is -2.13. The van der Waals surface area contributed by atoms with E-state index in [0.717, 1.165) is 11.3 Å². The third-order valence-corrected chi connectivity index (χ3v) is 4.40. The summed E-state index contributed by atoms with van der Waals surface area (Å²) in [4.78, 5) is 33.4. The molecule has 1 atom stereocenters. The van der Waals surface area contributed by atoms with E-state index in [-0.39, 0.29) is 24.5 Å². The molecule has 0 aliphatic carbocycles. The summed E-state index contributed by atoms with van der Waals surface area (Å²) in [5, 5.41) is 2.92. The molecule has 150 valence electrons. The number of hydrogen-bond acceptors (Lipinski definition) is 4. The van der Waals surface area contributed by atoms with Gasteiger partial charge < -0.3 is 19.9 Å². The Morgan fingerprint density at radius 2 is 1.90 bits per heavy atom. The fourth-order valence-corrected chi connectivity index (χ4v) is 2.67. The van der Waals surface area contributed by atoms with Crippen LogP contribution >= 0.6 is 0 Å². The van der Waals surface area contributed by atoms with Crippen molar-refractivity contribution in [2.45, 2.75) is 13.0 Å². The van der Waals surface area contributed by atoms with Crippen LogP contribution in [0.1, 0.15) is 29.1 Å². The Hall–Kier alpha value is -3.61. The molecular weight excluding hydrogens is 368 g/mol. The van der Waals surface area contributed by atoms with Crippen LogP contribution in [0, 0.1) is 0 Å². The van der Waals surface area contributed by atoms with Crippen LogP contribution in [0.4, 0.5) is 0 Å². The number of carbonyl (C=O) groups is 2. The van der Waals surface area contributed by atoms with E-state index in [4.69, 9.17) is 4.74 Å². The zero-order valence-electron chi connectivity index (χ0n) is 16.7. The van der Waals surface area contributed by atoms with E-state index in [9.17, 15) is 9.59 Å². The lowest BCUT2D eigenvalue weighted by molar-refractivity contribution is -0.130. The summed E-state index contributed by atoms with van der Waals surface area (Å²) in [6, 6.07) is 16.3. The quantitative estimate of drug-likeness (QED) is 0.647. The number of imidazole rings is 1. The molecule has 1 unspecified atom stereocenters. The molecule has 0 radical (unpaired) electrons. The SMILES string of the molecule is CC(NC(=O)c1cccc(OCC(=O)N(C)C)c1)c1ncc(-c2ccccc2)[nH]1. The molecule has 0 aliphatic heterocycles. The van der Waals surface area contributed by atoms with Crippen molar-refractivity contribution >= 4 is 11.8 Å². The topological polar surface area (TPSA) is 87.3 Å². The summed E-state index contributed by atoms with van der Waals surface area (Å²) < 4.78 is 5.47. The summed E-state index contributed by atoms with van der Waals surface area (Å²) in [6.07, 6.45) is 1.75. The van der Waals surface area contributed by atoms with E-state index in [1.54, 1.807) is 44.6 Å². The molecule has 0 aliphatic rings. The normalized spacial score (nSPS) is 11.6. The Morgan fingerprint density at radius 3 is 2.62 bits per heavy atom. The van der Waals surface area contributed by atoms with Gasteiger partial charge in [-0.15, -0.1) is 0 Å². The lowest BCUT2D eigenvalue weighted by atomic mass is 10.2. The number of hydrogen-bond donors (Lipinski definition) is 2. The average Bonchev–Trinajstić information content (AvgIpc) is 3.23. The van der Waals surface area contributed by atoms with E-state index in [0.29, 0.717) is 17.1 Å². The Kier molecular flexibility index (Phi) is 6.29. The zero-order valence-corrected chi connectivity index (χ0v) is 16.7. The molecule has 3 rings (SSSR count). The first kappa shape index (κ1) is 20.1. The minimum absolute atomic E-state index is 0.0802. The number of carbonyl (C=O) groups excluding carboxylic acids is 2. The Morgan fingerprint density at radius 1 is 1.14 bits per heavy atom. The first-order valence-corrected chi connectivity index (χ1v) is 9.28. The highest BCUT2D eigenvalue weighted by molar-refractivity contribution is 5.94. The van der Waals surface area contributed by atoms with Crippen molar-refractivity contribution in [2.75, 3.05) is 20.7 Å². The highest BCUT2D eigenvalue weighted by atomic mass is 16.5. The summed E-state index contributed by atoms with van der Waals surface area (Å²) in [5.74, 6) is 0.728. The van der Waals surface area contributed by atoms with Gasteiger partial charge in [0.1, 0.15) is 11.6 Å². The smallest absolute Gasteiger partial charge is 0.259 e. The largest absolute Gasteiger partial charge is 0.484 e. The van der Waals surface area contributed by atoms with Crippen LogP contribution in [0.2, 0.25) is 0 Å². The van der Waals surface area contributed by atoms with E-state index < -0.39 is 0 Å². The second-order valence-corrected chi connectivity index (χ2v) is 6.85. The highest BCUT2D eigenvalue weighted by Gasteiger charge is 2.15. The number of amides is 2. The van der Waals surface area contributed by atoms with Crippen molar-refractivity contribution in [3.05, 3.63) is 72.2 Å². The third-order valence-electron chi connectivity index (χ3n) is 4.40. The van der Waals surface area contributed by atoms with Gasteiger partial charge in [0.2, 0.25) is 0 Å². The van der Waals surface area contributed by atoms with Crippen LogP contribution in [0.5, 0.6) is 5.75 Å². The Labute approximate surface area is 169 Å². The average molecular weight is 392 g/mol. The summed E-state index contributed by atoms with van der Waals surface area (Å²) in [5.41, 5.74) is 2.37. The first-order valence-electron chi connectivity index (χ1n) is 9.28. The molecule has 2 N–H and O–H groups in total. The maximum atomic E-state index is 12.6. The molecule has 7 heteroatoms. The van der Waals surface area contributed by atoms with Crippen molar-refractivity contribution in [2.24, 2.45) is 0 Å². The van der Waals surface area contributed by atoms with Gasteiger partial charge in [0.15, 0.2) is 6.61 Å². The van der Waals surface area contributed by atoms with Gasteiger partial charge in [-0.1, -0.05) is 36.4 Å². The molecule has 0 saturated carbocycles. The molecular formula is C22H24N4O3. The van der Waals surface area contributed by atoms with Crippen LogP contribution in [0.3, 0.4) is 0 Å². The molecule has 7 nitrogen and oxygen atoms in total. The Bertz CT molecular complexity index is 982. The highest BCUT2D eigenvalue weighted by Crippen LogP contribution is 2.19. The summed E-state index contributed by atoms with van der Waals surface area (Å²) in [7, 11) is 3.32. The van der Waals surface area contributed by atoms with Gasteiger partial charge in [-0.2, -0.15) is 0 Å². The predicted molar refractivity (Wildman–Crippen MR) is 111 cm³/mol. The van der Waals surface area contributed by atoms with Crippen LogP contribution in [0.25, 0.3) is 11.3 Å². The molecule has 0 spiro atoms. The number of nitrogens with zero attached hydrogens (tertiary/aromatic N) is 2. The predicted octanol–water partition coefficient (Wildman–Crippen LogP) is 3.03. The number of nitrogens with one attached hydrogen (secondary N) is 2. The lowest BCUT2D eigenvalue weighted by Crippen LogP contribution is -2.28. The van der Waals surface area contributed by atoms with Gasteiger partial charge in [-0.25, -0.2) is 4.98 Å². The second kappa shape index (κ2) is 9.05. The number of H-pyrrole nitrogens is 1. The van der Waals surface area contributed by atoms with Crippen molar-refractivity contribution in [1.82, 2.24) is 20.2 Å². The maximum Gasteiger partial charge on any atom is 0.259 e. The molecule has 1 aromatic heterocycles. The van der Waals surface area contributed by atoms with Crippen molar-refractivity contribution in [1.29, 1.82) is 0 Å². The monoisotopic (exact) mass is 392 g/mol. The second-order valence-electron chi connectivity index (χ2n) is 6.85. The number of benzene rings is 2. The molecule has 29 heavy (non-hydrogen) atoms. The third kappa shape index (κ3) is 5.22. The van der Waals surface area contributed by atoms with E-state index in [1.807, 2.05) is 37.3 Å². The van der Waals surface area contributed by atoms with Crippen LogP contribution in [0.15, 0.2) is 60.8 Å². The van der Waals surface area contributed by atoms with Crippen LogP contribution in [-0.2, 0) is 4.79 Å². The van der Waals surface area contributed by atoms with Gasteiger partial charge in [-0.05, 0) is 30.7 Å². The molecule has 2 aromatic carbocycles. The Balaban J connectivity index is 1.63.